The molecule has 0 aliphatic carbocycles. The summed E-state index contributed by atoms with van der Waals surface area (Å²) in [5.41, 5.74) is 4.76. The second kappa shape index (κ2) is 6.38. The summed E-state index contributed by atoms with van der Waals surface area (Å²) in [6.45, 7) is 3.60. The van der Waals surface area contributed by atoms with E-state index in [1.807, 2.05) is 47.3 Å². The number of imidazole rings is 1. The lowest BCUT2D eigenvalue weighted by Gasteiger charge is -2.17. The molecule has 0 unspecified atom stereocenters. The van der Waals surface area contributed by atoms with E-state index in [9.17, 15) is 4.79 Å². The molecular weight excluding hydrogens is 344 g/mol. The zero-order chi connectivity index (χ0) is 18.3. The zero-order valence-corrected chi connectivity index (χ0v) is 15.6. The maximum absolute atomic E-state index is 12.2. The number of aryl methyl sites for hydroxylation is 2. The summed E-state index contributed by atoms with van der Waals surface area (Å²) < 4.78 is 2.04. The fraction of sp³-hybridized carbons (Fsp3) is 0.150. The van der Waals surface area contributed by atoms with Gasteiger partial charge in [0.05, 0.1) is 16.7 Å². The van der Waals surface area contributed by atoms with Crippen LogP contribution in [0.25, 0.3) is 22.6 Å². The Kier molecular flexibility index (Phi) is 4.05. The molecule has 0 saturated heterocycles. The lowest BCUT2D eigenvalue weighted by molar-refractivity contribution is -0.115. The number of carbonyl (C=O) groups excluding carboxylic acids is 1. The Bertz CT molecular complexity index is 1100. The molecule has 1 amide bonds. The van der Waals surface area contributed by atoms with Crippen LogP contribution >= 0.6 is 11.3 Å². The van der Waals surface area contributed by atoms with Crippen LogP contribution in [0.1, 0.15) is 12.5 Å². The topological polar surface area (TPSA) is 51.0 Å². The molecular formula is C20H18N4OS. The van der Waals surface area contributed by atoms with E-state index >= 15 is 0 Å². The molecule has 2 aromatic carbocycles. The van der Waals surface area contributed by atoms with Crippen molar-refractivity contribution in [2.24, 2.45) is 7.05 Å². The molecule has 26 heavy (non-hydrogen) atoms. The van der Waals surface area contributed by atoms with Gasteiger partial charge in [-0.3, -0.25) is 9.69 Å². The molecule has 0 aliphatic rings. The molecule has 0 aliphatic heterocycles. The van der Waals surface area contributed by atoms with Gasteiger partial charge in [-0.05, 0) is 36.8 Å². The number of carbonyl (C=O) groups is 1. The van der Waals surface area contributed by atoms with E-state index in [2.05, 4.69) is 25.1 Å². The van der Waals surface area contributed by atoms with Crippen molar-refractivity contribution in [1.82, 2.24) is 14.5 Å². The summed E-state index contributed by atoms with van der Waals surface area (Å²) in [6.07, 6.45) is 0. The molecule has 5 nitrogen and oxygen atoms in total. The Morgan fingerprint density at radius 3 is 2.62 bits per heavy atom. The summed E-state index contributed by atoms with van der Waals surface area (Å²) in [7, 11) is 1.99. The van der Waals surface area contributed by atoms with Crippen molar-refractivity contribution >= 4 is 39.1 Å². The van der Waals surface area contributed by atoms with Crippen molar-refractivity contribution in [3.05, 3.63) is 59.5 Å². The van der Waals surface area contributed by atoms with Crippen molar-refractivity contribution in [2.45, 2.75) is 13.8 Å². The predicted octanol–water partition coefficient (Wildman–Crippen LogP) is 4.69. The van der Waals surface area contributed by atoms with Crippen LogP contribution in [0, 0.1) is 6.92 Å². The second-order valence-electron chi connectivity index (χ2n) is 6.19. The Balaban J connectivity index is 1.78. The first-order chi connectivity index (χ1) is 12.5. The Labute approximate surface area is 155 Å². The maximum Gasteiger partial charge on any atom is 0.230 e. The van der Waals surface area contributed by atoms with Gasteiger partial charge < -0.3 is 4.57 Å². The Morgan fingerprint density at radius 1 is 1.12 bits per heavy atom. The Hall–Kier alpha value is -2.99. The van der Waals surface area contributed by atoms with Crippen LogP contribution in [0.3, 0.4) is 0 Å². The third-order valence-electron chi connectivity index (χ3n) is 4.28. The predicted molar refractivity (Wildman–Crippen MR) is 106 cm³/mol. The molecule has 6 heteroatoms. The molecule has 0 radical (unpaired) electrons. The third-order valence-corrected chi connectivity index (χ3v) is 5.10. The molecule has 4 rings (SSSR count). The normalized spacial score (nSPS) is 11.0. The average Bonchev–Trinajstić information content (AvgIpc) is 3.20. The highest BCUT2D eigenvalue weighted by atomic mass is 32.1. The smallest absolute Gasteiger partial charge is 0.230 e. The standard InChI is InChI=1S/C20H18N4OS/c1-13-9-10-18-16(11-13)21-19(23(18)3)17-12-26-20(22-17)24(14(2)25)15-7-5-4-6-8-15/h4-12H,1-3H3. The summed E-state index contributed by atoms with van der Waals surface area (Å²) >= 11 is 1.44. The lowest BCUT2D eigenvalue weighted by atomic mass is 10.2. The number of benzene rings is 2. The van der Waals surface area contributed by atoms with E-state index in [0.29, 0.717) is 5.13 Å². The monoisotopic (exact) mass is 362 g/mol. The first kappa shape index (κ1) is 16.5. The first-order valence-electron chi connectivity index (χ1n) is 8.29. The number of amides is 1. The molecule has 0 fully saturated rings. The van der Waals surface area contributed by atoms with Gasteiger partial charge in [-0.25, -0.2) is 9.97 Å². The van der Waals surface area contributed by atoms with Gasteiger partial charge in [-0.1, -0.05) is 24.3 Å². The fourth-order valence-electron chi connectivity index (χ4n) is 3.01. The van der Waals surface area contributed by atoms with Crippen LogP contribution in [-0.2, 0) is 11.8 Å². The van der Waals surface area contributed by atoms with Crippen molar-refractivity contribution < 1.29 is 4.79 Å². The van der Waals surface area contributed by atoms with Gasteiger partial charge in [-0.15, -0.1) is 11.3 Å². The van der Waals surface area contributed by atoms with Crippen molar-refractivity contribution in [3.63, 3.8) is 0 Å². The second-order valence-corrected chi connectivity index (χ2v) is 7.03. The zero-order valence-electron chi connectivity index (χ0n) is 14.8. The quantitative estimate of drug-likeness (QED) is 0.531. The maximum atomic E-state index is 12.2. The van der Waals surface area contributed by atoms with Crippen molar-refractivity contribution in [1.29, 1.82) is 0 Å². The number of rotatable bonds is 3. The van der Waals surface area contributed by atoms with Gasteiger partial charge in [0.2, 0.25) is 5.91 Å². The molecule has 0 atom stereocenters. The van der Waals surface area contributed by atoms with Gasteiger partial charge in [0, 0.05) is 19.4 Å². The van der Waals surface area contributed by atoms with E-state index in [1.54, 1.807) is 11.8 Å². The lowest BCUT2D eigenvalue weighted by Crippen LogP contribution is -2.22. The molecule has 2 heterocycles. The number of hydrogen-bond acceptors (Lipinski definition) is 4. The van der Waals surface area contributed by atoms with E-state index < -0.39 is 0 Å². The van der Waals surface area contributed by atoms with Crippen molar-refractivity contribution in [2.75, 3.05) is 4.90 Å². The summed E-state index contributed by atoms with van der Waals surface area (Å²) in [5, 5.41) is 2.59. The Morgan fingerprint density at radius 2 is 1.88 bits per heavy atom. The SMILES string of the molecule is CC(=O)N(c1ccccc1)c1nc(-c2nc3cc(C)ccc3n2C)cs1. The highest BCUT2D eigenvalue weighted by Gasteiger charge is 2.20. The van der Waals surface area contributed by atoms with Crippen LogP contribution in [0.5, 0.6) is 0 Å². The van der Waals surface area contributed by atoms with Crippen LogP contribution in [0.4, 0.5) is 10.8 Å². The van der Waals surface area contributed by atoms with Gasteiger partial charge in [0.25, 0.3) is 0 Å². The molecule has 0 saturated carbocycles. The molecule has 2 aromatic heterocycles. The minimum Gasteiger partial charge on any atom is -0.326 e. The number of para-hydroxylation sites is 1. The van der Waals surface area contributed by atoms with E-state index in [-0.39, 0.29) is 5.91 Å². The minimum atomic E-state index is -0.0715. The van der Waals surface area contributed by atoms with Crippen molar-refractivity contribution in [3.8, 4) is 11.5 Å². The highest BCUT2D eigenvalue weighted by Crippen LogP contribution is 2.33. The fourth-order valence-corrected chi connectivity index (χ4v) is 3.88. The largest absolute Gasteiger partial charge is 0.326 e. The van der Waals surface area contributed by atoms with Crippen LogP contribution in [0.15, 0.2) is 53.9 Å². The van der Waals surface area contributed by atoms with Gasteiger partial charge in [0.1, 0.15) is 5.69 Å². The number of fused-ring (bicyclic) bond motifs is 1. The number of nitrogens with zero attached hydrogens (tertiary/aromatic N) is 4. The molecule has 130 valence electrons. The summed E-state index contributed by atoms with van der Waals surface area (Å²) in [6, 6.07) is 15.8. The summed E-state index contributed by atoms with van der Waals surface area (Å²) in [4.78, 5) is 23.3. The van der Waals surface area contributed by atoms with Gasteiger partial charge in [0.15, 0.2) is 11.0 Å². The highest BCUT2D eigenvalue weighted by molar-refractivity contribution is 7.14. The molecule has 0 N–H and O–H groups in total. The van der Waals surface area contributed by atoms with E-state index in [4.69, 9.17) is 9.97 Å². The number of anilines is 2. The number of thiazole rings is 1. The summed E-state index contributed by atoms with van der Waals surface area (Å²) in [5.74, 6) is 0.724. The first-order valence-corrected chi connectivity index (χ1v) is 9.17. The van der Waals surface area contributed by atoms with Gasteiger partial charge in [-0.2, -0.15) is 0 Å². The third kappa shape index (κ3) is 2.78. The molecule has 0 spiro atoms. The van der Waals surface area contributed by atoms with Gasteiger partial charge >= 0.3 is 0 Å². The molecule has 0 bridgehead atoms. The van der Waals surface area contributed by atoms with Crippen LogP contribution in [-0.4, -0.2) is 20.4 Å². The van der Waals surface area contributed by atoms with Crippen LogP contribution < -0.4 is 4.90 Å². The van der Waals surface area contributed by atoms with E-state index in [1.165, 1.54) is 16.9 Å². The van der Waals surface area contributed by atoms with Crippen LogP contribution in [0.2, 0.25) is 0 Å². The average molecular weight is 362 g/mol. The number of aromatic nitrogens is 3. The number of hydrogen-bond donors (Lipinski definition) is 0. The molecule has 4 aromatic rings. The minimum absolute atomic E-state index is 0.0715. The van der Waals surface area contributed by atoms with E-state index in [0.717, 1.165) is 28.2 Å².